The molecule has 2 fully saturated rings. The number of benzene rings is 1. The molecule has 1 aromatic heterocycles. The molecule has 2 atom stereocenters. The number of hydrogen-bond donors (Lipinski definition) is 2. The van der Waals surface area contributed by atoms with Crippen LogP contribution in [0.15, 0.2) is 17.1 Å². The van der Waals surface area contributed by atoms with E-state index in [1.165, 1.54) is 6.20 Å². The minimum atomic E-state index is -1.28. The molecule has 7 heteroatoms. The summed E-state index contributed by atoms with van der Waals surface area (Å²) in [6, 6.07) is 1.71. The summed E-state index contributed by atoms with van der Waals surface area (Å²) < 4.78 is 23.0. The number of fused-ring (bicyclic) bond motifs is 3. The van der Waals surface area contributed by atoms with Crippen molar-refractivity contribution in [2.45, 2.75) is 31.7 Å². The second-order valence-corrected chi connectivity index (χ2v) is 7.92. The summed E-state index contributed by atoms with van der Waals surface area (Å²) in [7, 11) is 0. The maximum Gasteiger partial charge on any atom is 0.341 e. The number of carboxylic acids is 1. The number of nitrogens with one attached hydrogen (secondary N) is 1. The van der Waals surface area contributed by atoms with E-state index in [1.807, 2.05) is 0 Å². The molecule has 1 saturated carbocycles. The Morgan fingerprint density at radius 3 is 2.85 bits per heavy atom. The van der Waals surface area contributed by atoms with E-state index < -0.39 is 17.2 Å². The van der Waals surface area contributed by atoms with Gasteiger partial charge >= 0.3 is 5.97 Å². The lowest BCUT2D eigenvalue weighted by atomic mass is 9.83. The van der Waals surface area contributed by atoms with Crippen molar-refractivity contribution >= 4 is 16.9 Å². The van der Waals surface area contributed by atoms with E-state index in [0.29, 0.717) is 30.4 Å². The Kier molecular flexibility index (Phi) is 3.75. The number of piperidine rings is 1. The fourth-order valence-corrected chi connectivity index (χ4v) is 4.52. The van der Waals surface area contributed by atoms with Crippen molar-refractivity contribution in [1.82, 2.24) is 9.88 Å². The first-order chi connectivity index (χ1) is 13.0. The summed E-state index contributed by atoms with van der Waals surface area (Å²) in [5.74, 6) is -0.895. The molecule has 0 amide bonds. The minimum Gasteiger partial charge on any atom is -0.490 e. The highest BCUT2D eigenvalue weighted by molar-refractivity contribution is 5.93. The van der Waals surface area contributed by atoms with Crippen LogP contribution >= 0.6 is 0 Å². The second kappa shape index (κ2) is 6.05. The van der Waals surface area contributed by atoms with Crippen molar-refractivity contribution in [2.75, 3.05) is 19.7 Å². The van der Waals surface area contributed by atoms with Gasteiger partial charge in [0, 0.05) is 24.7 Å². The SMILES string of the molecule is O=C(O)c1cn(C2CC2)c2c(F)c3c(cc2c1=O)CC1CCNCC1CO3. The summed E-state index contributed by atoms with van der Waals surface area (Å²) in [6.07, 6.45) is 4.62. The van der Waals surface area contributed by atoms with Crippen LogP contribution in [0.5, 0.6) is 5.75 Å². The monoisotopic (exact) mass is 372 g/mol. The molecule has 2 aromatic rings. The molecule has 142 valence electrons. The number of nitrogens with zero attached hydrogens (tertiary/aromatic N) is 1. The minimum absolute atomic E-state index is 0.0382. The average Bonchev–Trinajstić information content (AvgIpc) is 3.48. The second-order valence-electron chi connectivity index (χ2n) is 7.92. The van der Waals surface area contributed by atoms with Crippen LogP contribution in [0.4, 0.5) is 4.39 Å². The maximum absolute atomic E-state index is 15.5. The lowest BCUT2D eigenvalue weighted by Gasteiger charge is -2.29. The highest BCUT2D eigenvalue weighted by Crippen LogP contribution is 2.41. The zero-order valence-corrected chi connectivity index (χ0v) is 14.8. The lowest BCUT2D eigenvalue weighted by Crippen LogP contribution is -2.39. The number of aromatic carboxylic acids is 1. The highest BCUT2D eigenvalue weighted by atomic mass is 19.1. The van der Waals surface area contributed by atoms with E-state index in [-0.39, 0.29) is 28.3 Å². The molecule has 0 bridgehead atoms. The third kappa shape index (κ3) is 2.64. The molecular formula is C20H21FN2O4. The Hall–Kier alpha value is -2.41. The van der Waals surface area contributed by atoms with E-state index in [1.54, 1.807) is 10.6 Å². The van der Waals surface area contributed by atoms with E-state index in [0.717, 1.165) is 32.4 Å². The number of halogens is 1. The summed E-state index contributed by atoms with van der Waals surface area (Å²) in [4.78, 5) is 24.3. The third-order valence-corrected chi connectivity index (χ3v) is 6.15. The van der Waals surface area contributed by atoms with Crippen LogP contribution in [0.2, 0.25) is 0 Å². The van der Waals surface area contributed by atoms with Gasteiger partial charge in [-0.2, -0.15) is 0 Å². The number of pyridine rings is 1. The van der Waals surface area contributed by atoms with Gasteiger partial charge in [0.25, 0.3) is 0 Å². The lowest BCUT2D eigenvalue weighted by molar-refractivity contribution is 0.0695. The fourth-order valence-electron chi connectivity index (χ4n) is 4.52. The van der Waals surface area contributed by atoms with E-state index in [2.05, 4.69) is 5.32 Å². The highest BCUT2D eigenvalue weighted by Gasteiger charge is 2.34. The average molecular weight is 372 g/mol. The Morgan fingerprint density at radius 1 is 1.30 bits per heavy atom. The number of carbonyl (C=O) groups is 1. The van der Waals surface area contributed by atoms with Gasteiger partial charge in [-0.15, -0.1) is 0 Å². The van der Waals surface area contributed by atoms with E-state index >= 15 is 4.39 Å². The van der Waals surface area contributed by atoms with Crippen LogP contribution in [0.25, 0.3) is 10.9 Å². The van der Waals surface area contributed by atoms with Gasteiger partial charge in [-0.05, 0) is 49.8 Å². The van der Waals surface area contributed by atoms with Crippen molar-refractivity contribution in [3.63, 3.8) is 0 Å². The van der Waals surface area contributed by atoms with Gasteiger partial charge < -0.3 is 19.7 Å². The Labute approximate surface area is 154 Å². The fraction of sp³-hybridized carbons (Fsp3) is 0.500. The molecule has 2 unspecified atom stereocenters. The normalized spacial score (nSPS) is 24.6. The van der Waals surface area contributed by atoms with Crippen molar-refractivity contribution in [1.29, 1.82) is 0 Å². The third-order valence-electron chi connectivity index (χ3n) is 6.15. The van der Waals surface area contributed by atoms with Gasteiger partial charge in [0.15, 0.2) is 11.6 Å². The predicted octanol–water partition coefficient (Wildman–Crippen LogP) is 2.33. The molecule has 27 heavy (non-hydrogen) atoms. The topological polar surface area (TPSA) is 80.6 Å². The van der Waals surface area contributed by atoms with Gasteiger partial charge in [-0.3, -0.25) is 4.79 Å². The smallest absolute Gasteiger partial charge is 0.341 e. The van der Waals surface area contributed by atoms with Crippen LogP contribution in [-0.2, 0) is 6.42 Å². The quantitative estimate of drug-likeness (QED) is 0.846. The van der Waals surface area contributed by atoms with E-state index in [9.17, 15) is 14.7 Å². The molecule has 5 rings (SSSR count). The van der Waals surface area contributed by atoms with Crippen LogP contribution in [0.1, 0.15) is 41.2 Å². The summed E-state index contributed by atoms with van der Waals surface area (Å²) >= 11 is 0. The van der Waals surface area contributed by atoms with Crippen molar-refractivity contribution in [3.8, 4) is 5.75 Å². The molecular weight excluding hydrogens is 351 g/mol. The number of ether oxygens (including phenoxy) is 1. The summed E-state index contributed by atoms with van der Waals surface area (Å²) in [5, 5.41) is 12.9. The molecule has 2 aliphatic heterocycles. The first kappa shape index (κ1) is 16.7. The molecule has 6 nitrogen and oxygen atoms in total. The molecule has 1 saturated heterocycles. The number of rotatable bonds is 2. The van der Waals surface area contributed by atoms with Crippen LogP contribution < -0.4 is 15.5 Å². The van der Waals surface area contributed by atoms with Gasteiger partial charge in [-0.25, -0.2) is 9.18 Å². The van der Waals surface area contributed by atoms with Crippen LogP contribution in [-0.4, -0.2) is 35.3 Å². The largest absolute Gasteiger partial charge is 0.490 e. The van der Waals surface area contributed by atoms with E-state index in [4.69, 9.17) is 4.74 Å². The molecule has 3 heterocycles. The van der Waals surface area contributed by atoms with Gasteiger partial charge in [-0.1, -0.05) is 0 Å². The Morgan fingerprint density at radius 2 is 2.11 bits per heavy atom. The van der Waals surface area contributed by atoms with Crippen molar-refractivity contribution < 1.29 is 19.0 Å². The number of carboxylic acid groups (broad SMARTS) is 1. The standard InChI is InChI=1S/C20H21FN2O4/c21-16-17-14(18(24)15(20(25)26)8-23(17)13-1-2-13)6-11-5-10-3-4-22-7-12(10)9-27-19(11)16/h6,8,10,12-13,22H,1-5,7,9H2,(H,25,26). The molecule has 1 aliphatic carbocycles. The summed E-state index contributed by atoms with van der Waals surface area (Å²) in [5.41, 5.74) is -0.0733. The van der Waals surface area contributed by atoms with Crippen LogP contribution in [0, 0.1) is 17.7 Å². The zero-order chi connectivity index (χ0) is 18.7. The van der Waals surface area contributed by atoms with Gasteiger partial charge in [0.1, 0.15) is 5.56 Å². The van der Waals surface area contributed by atoms with Gasteiger partial charge in [0.2, 0.25) is 5.43 Å². The molecule has 3 aliphatic rings. The number of hydrogen-bond acceptors (Lipinski definition) is 4. The molecule has 1 aromatic carbocycles. The maximum atomic E-state index is 15.5. The van der Waals surface area contributed by atoms with Crippen molar-refractivity contribution in [2.24, 2.45) is 11.8 Å². The molecule has 0 radical (unpaired) electrons. The predicted molar refractivity (Wildman–Crippen MR) is 97.1 cm³/mol. The zero-order valence-electron chi connectivity index (χ0n) is 14.8. The first-order valence-corrected chi connectivity index (χ1v) is 9.51. The molecule has 2 N–H and O–H groups in total. The summed E-state index contributed by atoms with van der Waals surface area (Å²) in [6.45, 7) is 2.22. The molecule has 0 spiro atoms. The Bertz CT molecular complexity index is 1010. The Balaban J connectivity index is 1.75. The van der Waals surface area contributed by atoms with Crippen LogP contribution in [0.3, 0.4) is 0 Å². The number of aromatic nitrogens is 1. The first-order valence-electron chi connectivity index (χ1n) is 9.51. The van der Waals surface area contributed by atoms with Gasteiger partial charge in [0.05, 0.1) is 17.5 Å². The van der Waals surface area contributed by atoms with Crippen molar-refractivity contribution in [3.05, 3.63) is 39.4 Å².